The number of pyridine rings is 1. The van der Waals surface area contributed by atoms with E-state index in [2.05, 4.69) is 10.6 Å². The Balaban J connectivity index is 1.14. The lowest BCUT2D eigenvalue weighted by atomic mass is 9.83. The SMILES string of the molecule is O=C(Nc1ccc(Oc2ccccc2)cc1)[C@H](Cc1ccccc1)NC(=O)N1C[C@@H]2C[C@@H](C1)c1cccc(=O)n1C2. The van der Waals surface area contributed by atoms with Crippen LogP contribution in [0, 0.1) is 5.92 Å². The number of rotatable bonds is 7. The monoisotopic (exact) mass is 548 g/mol. The fourth-order valence-corrected chi connectivity index (χ4v) is 5.82. The van der Waals surface area contributed by atoms with Gasteiger partial charge < -0.3 is 24.8 Å². The molecule has 0 radical (unpaired) electrons. The van der Waals surface area contributed by atoms with E-state index >= 15 is 0 Å². The van der Waals surface area contributed by atoms with Gasteiger partial charge in [0.1, 0.15) is 17.5 Å². The largest absolute Gasteiger partial charge is 0.457 e. The van der Waals surface area contributed by atoms with Gasteiger partial charge in [-0.2, -0.15) is 0 Å². The summed E-state index contributed by atoms with van der Waals surface area (Å²) in [4.78, 5) is 41.2. The van der Waals surface area contributed by atoms with Crippen molar-refractivity contribution in [1.82, 2.24) is 14.8 Å². The van der Waals surface area contributed by atoms with Crippen LogP contribution in [0.25, 0.3) is 0 Å². The molecule has 2 bridgehead atoms. The molecule has 208 valence electrons. The molecule has 4 aromatic rings. The number of ether oxygens (including phenoxy) is 1. The number of nitrogens with zero attached hydrogens (tertiary/aromatic N) is 2. The van der Waals surface area contributed by atoms with E-state index in [1.165, 1.54) is 0 Å². The maximum absolute atomic E-state index is 13.5. The van der Waals surface area contributed by atoms with Crippen molar-refractivity contribution in [3.05, 3.63) is 125 Å². The van der Waals surface area contributed by atoms with E-state index in [0.29, 0.717) is 37.5 Å². The predicted octanol–water partition coefficient (Wildman–Crippen LogP) is 5.02. The fraction of sp³-hybridized carbons (Fsp3) is 0.242. The lowest BCUT2D eigenvalue weighted by Gasteiger charge is -2.43. The Morgan fingerprint density at radius 1 is 0.805 bits per heavy atom. The van der Waals surface area contributed by atoms with Crippen molar-refractivity contribution >= 4 is 17.6 Å². The number of aromatic nitrogens is 1. The Morgan fingerprint density at radius 3 is 2.27 bits per heavy atom. The summed E-state index contributed by atoms with van der Waals surface area (Å²) in [5.41, 5.74) is 2.54. The van der Waals surface area contributed by atoms with E-state index in [9.17, 15) is 14.4 Å². The van der Waals surface area contributed by atoms with Crippen LogP contribution >= 0.6 is 0 Å². The first-order valence-corrected chi connectivity index (χ1v) is 13.9. The van der Waals surface area contributed by atoms with Crippen molar-refractivity contribution in [3.8, 4) is 11.5 Å². The smallest absolute Gasteiger partial charge is 0.318 e. The number of likely N-dealkylation sites (tertiary alicyclic amines) is 1. The van der Waals surface area contributed by atoms with Gasteiger partial charge in [-0.15, -0.1) is 0 Å². The number of para-hydroxylation sites is 1. The Kier molecular flexibility index (Phi) is 7.54. The van der Waals surface area contributed by atoms with Gasteiger partial charge in [-0.25, -0.2) is 4.79 Å². The third-order valence-corrected chi connectivity index (χ3v) is 7.76. The number of hydrogen-bond acceptors (Lipinski definition) is 4. The van der Waals surface area contributed by atoms with Crippen molar-refractivity contribution < 1.29 is 14.3 Å². The van der Waals surface area contributed by atoms with Crippen molar-refractivity contribution in [2.75, 3.05) is 18.4 Å². The van der Waals surface area contributed by atoms with Crippen LogP contribution < -0.4 is 20.9 Å². The van der Waals surface area contributed by atoms with Crippen molar-refractivity contribution in [2.45, 2.75) is 31.3 Å². The second-order valence-electron chi connectivity index (χ2n) is 10.7. The second-order valence-corrected chi connectivity index (χ2v) is 10.7. The first kappa shape index (κ1) is 26.4. The van der Waals surface area contributed by atoms with Crippen LogP contribution in [-0.2, 0) is 17.8 Å². The van der Waals surface area contributed by atoms with Gasteiger partial charge >= 0.3 is 6.03 Å². The highest BCUT2D eigenvalue weighted by atomic mass is 16.5. The van der Waals surface area contributed by atoms with Crippen LogP contribution in [0.15, 0.2) is 108 Å². The van der Waals surface area contributed by atoms with Crippen molar-refractivity contribution in [2.24, 2.45) is 5.92 Å². The highest BCUT2D eigenvalue weighted by Crippen LogP contribution is 2.35. The molecule has 1 aromatic heterocycles. The average molecular weight is 549 g/mol. The number of carbonyl (C=O) groups is 2. The number of urea groups is 1. The number of carbonyl (C=O) groups excluding carboxylic acids is 2. The molecule has 2 aliphatic rings. The van der Waals surface area contributed by atoms with E-state index in [4.69, 9.17) is 4.74 Å². The van der Waals surface area contributed by atoms with Crippen molar-refractivity contribution in [1.29, 1.82) is 0 Å². The standard InChI is InChI=1S/C33H32N4O4/c38-31-13-7-12-30-25-18-24(21-37(30)31)20-36(22-25)33(40)35-29(19-23-8-3-1-4-9-23)32(39)34-26-14-16-28(17-15-26)41-27-10-5-2-6-11-27/h1-17,24-25,29H,18-22H2,(H,34,39)(H,35,40)/t24-,25-,29-/m0/s1. The number of anilines is 1. The molecule has 3 heterocycles. The molecule has 1 saturated heterocycles. The molecule has 8 heteroatoms. The minimum absolute atomic E-state index is 0.00867. The van der Waals surface area contributed by atoms with Crippen LogP contribution in [0.4, 0.5) is 10.5 Å². The number of nitrogens with one attached hydrogen (secondary N) is 2. The summed E-state index contributed by atoms with van der Waals surface area (Å²) in [6, 6.07) is 30.6. The van der Waals surface area contributed by atoms with Gasteiger partial charge in [-0.05, 0) is 60.4 Å². The number of hydrogen-bond donors (Lipinski definition) is 2. The Morgan fingerprint density at radius 2 is 1.51 bits per heavy atom. The lowest BCUT2D eigenvalue weighted by molar-refractivity contribution is -0.118. The third-order valence-electron chi connectivity index (χ3n) is 7.76. The lowest BCUT2D eigenvalue weighted by Crippen LogP contribution is -2.55. The molecule has 0 aliphatic carbocycles. The van der Waals surface area contributed by atoms with Crippen molar-refractivity contribution in [3.63, 3.8) is 0 Å². The minimum Gasteiger partial charge on any atom is -0.457 e. The maximum atomic E-state index is 13.5. The first-order chi connectivity index (χ1) is 20.0. The summed E-state index contributed by atoms with van der Waals surface area (Å²) < 4.78 is 7.69. The van der Waals surface area contributed by atoms with Gasteiger partial charge in [0.05, 0.1) is 0 Å². The van der Waals surface area contributed by atoms with Gasteiger partial charge in [0.2, 0.25) is 5.91 Å². The predicted molar refractivity (Wildman–Crippen MR) is 157 cm³/mol. The van der Waals surface area contributed by atoms with Gasteiger partial charge in [-0.3, -0.25) is 9.59 Å². The average Bonchev–Trinajstić information content (AvgIpc) is 2.99. The van der Waals surface area contributed by atoms with E-state index < -0.39 is 6.04 Å². The first-order valence-electron chi connectivity index (χ1n) is 13.9. The minimum atomic E-state index is -0.776. The zero-order valence-corrected chi connectivity index (χ0v) is 22.6. The Labute approximate surface area is 238 Å². The summed E-state index contributed by atoms with van der Waals surface area (Å²) in [5.74, 6) is 1.38. The summed E-state index contributed by atoms with van der Waals surface area (Å²) in [7, 11) is 0. The molecule has 0 saturated carbocycles. The van der Waals surface area contributed by atoms with E-state index in [-0.39, 0.29) is 29.3 Å². The molecule has 2 aliphatic heterocycles. The highest BCUT2D eigenvalue weighted by Gasteiger charge is 2.37. The molecule has 3 atom stereocenters. The molecule has 1 fully saturated rings. The molecule has 8 nitrogen and oxygen atoms in total. The molecule has 0 spiro atoms. The second kappa shape index (κ2) is 11.7. The molecule has 41 heavy (non-hydrogen) atoms. The summed E-state index contributed by atoms with van der Waals surface area (Å²) in [5, 5.41) is 5.96. The van der Waals surface area contributed by atoms with Gasteiger partial charge in [0, 0.05) is 49.4 Å². The summed E-state index contributed by atoms with van der Waals surface area (Å²) in [6.45, 7) is 1.66. The molecule has 6 rings (SSSR count). The van der Waals surface area contributed by atoms with Gasteiger partial charge in [-0.1, -0.05) is 54.6 Å². The zero-order valence-electron chi connectivity index (χ0n) is 22.6. The number of fused-ring (bicyclic) bond motifs is 4. The number of benzene rings is 3. The van der Waals surface area contributed by atoms with E-state index in [1.807, 2.05) is 71.3 Å². The molecular weight excluding hydrogens is 516 g/mol. The van der Waals surface area contributed by atoms with Gasteiger partial charge in [0.15, 0.2) is 0 Å². The van der Waals surface area contributed by atoms with E-state index in [0.717, 1.165) is 23.4 Å². The summed E-state index contributed by atoms with van der Waals surface area (Å²) in [6.07, 6.45) is 1.30. The van der Waals surface area contributed by atoms with Crippen LogP contribution in [0.3, 0.4) is 0 Å². The quantitative estimate of drug-likeness (QED) is 0.339. The molecular formula is C33H32N4O4. The van der Waals surface area contributed by atoms with Crippen LogP contribution in [-0.4, -0.2) is 40.5 Å². The molecule has 2 N–H and O–H groups in total. The summed E-state index contributed by atoms with van der Waals surface area (Å²) >= 11 is 0. The number of amides is 3. The number of piperidine rings is 1. The highest BCUT2D eigenvalue weighted by molar-refractivity contribution is 5.97. The maximum Gasteiger partial charge on any atom is 0.318 e. The van der Waals surface area contributed by atoms with Crippen LogP contribution in [0.1, 0.15) is 23.6 Å². The third kappa shape index (κ3) is 6.17. The molecule has 3 aromatic carbocycles. The van der Waals surface area contributed by atoms with Crippen LogP contribution in [0.5, 0.6) is 11.5 Å². The zero-order chi connectivity index (χ0) is 28.2. The molecule has 0 unspecified atom stereocenters. The normalized spacial score (nSPS) is 18.1. The van der Waals surface area contributed by atoms with Crippen LogP contribution in [0.2, 0.25) is 0 Å². The molecule has 3 amide bonds. The van der Waals surface area contributed by atoms with E-state index in [1.54, 1.807) is 41.3 Å². The fourth-order valence-electron chi connectivity index (χ4n) is 5.82. The Bertz CT molecular complexity index is 1570. The topological polar surface area (TPSA) is 92.7 Å². The van der Waals surface area contributed by atoms with Gasteiger partial charge in [0.25, 0.3) is 5.56 Å². The Hall–Kier alpha value is -4.85.